The van der Waals surface area contributed by atoms with Gasteiger partial charge >= 0.3 is 0 Å². The molecule has 2 aliphatic heterocycles. The number of sulfone groups is 1. The Labute approximate surface area is 130 Å². The summed E-state index contributed by atoms with van der Waals surface area (Å²) in [5, 5.41) is 3.27. The van der Waals surface area contributed by atoms with E-state index in [1.807, 2.05) is 0 Å². The SMILES string of the molecule is CCS(=O)(=O)c1cnc(N2CC3(CCNCC3)CC2=O)cn1. The van der Waals surface area contributed by atoms with Crippen LogP contribution in [0.25, 0.3) is 0 Å². The maximum absolute atomic E-state index is 12.3. The predicted molar refractivity (Wildman–Crippen MR) is 81.3 cm³/mol. The molecular weight excluding hydrogens is 304 g/mol. The van der Waals surface area contributed by atoms with Crippen LogP contribution in [0, 0.1) is 5.41 Å². The number of rotatable bonds is 3. The highest BCUT2D eigenvalue weighted by atomic mass is 32.2. The van der Waals surface area contributed by atoms with Gasteiger partial charge in [0.25, 0.3) is 0 Å². The smallest absolute Gasteiger partial charge is 0.228 e. The maximum Gasteiger partial charge on any atom is 0.228 e. The number of amides is 1. The van der Waals surface area contributed by atoms with Crippen molar-refractivity contribution < 1.29 is 13.2 Å². The van der Waals surface area contributed by atoms with E-state index in [-0.39, 0.29) is 22.1 Å². The molecule has 1 N–H and O–H groups in total. The number of carbonyl (C=O) groups excluding carboxylic acids is 1. The number of hydrogen-bond acceptors (Lipinski definition) is 6. The minimum Gasteiger partial charge on any atom is -0.317 e. The zero-order valence-corrected chi connectivity index (χ0v) is 13.4. The van der Waals surface area contributed by atoms with Crippen molar-refractivity contribution in [3.05, 3.63) is 12.4 Å². The quantitative estimate of drug-likeness (QED) is 0.864. The molecule has 2 aliphatic rings. The second-order valence-corrected chi connectivity index (χ2v) is 8.25. The average Bonchev–Trinajstić information content (AvgIpc) is 2.84. The summed E-state index contributed by atoms with van der Waals surface area (Å²) in [4.78, 5) is 22.1. The van der Waals surface area contributed by atoms with Crippen molar-refractivity contribution in [3.63, 3.8) is 0 Å². The van der Waals surface area contributed by atoms with Crippen LogP contribution in [0.4, 0.5) is 5.82 Å². The summed E-state index contributed by atoms with van der Waals surface area (Å²) in [7, 11) is -3.36. The Balaban J connectivity index is 1.81. The van der Waals surface area contributed by atoms with Crippen molar-refractivity contribution in [2.24, 2.45) is 5.41 Å². The lowest BCUT2D eigenvalue weighted by molar-refractivity contribution is -0.118. The fourth-order valence-corrected chi connectivity index (χ4v) is 3.88. The molecule has 0 aromatic carbocycles. The van der Waals surface area contributed by atoms with Crippen molar-refractivity contribution in [2.75, 3.05) is 30.3 Å². The second kappa shape index (κ2) is 5.58. The van der Waals surface area contributed by atoms with E-state index in [9.17, 15) is 13.2 Å². The van der Waals surface area contributed by atoms with Crippen molar-refractivity contribution in [2.45, 2.75) is 31.2 Å². The van der Waals surface area contributed by atoms with Gasteiger partial charge in [0.1, 0.15) is 0 Å². The number of nitrogens with one attached hydrogen (secondary N) is 1. The van der Waals surface area contributed by atoms with Crippen LogP contribution >= 0.6 is 0 Å². The molecule has 3 rings (SSSR count). The first kappa shape index (κ1) is 15.4. The Morgan fingerprint density at radius 3 is 2.59 bits per heavy atom. The molecule has 0 bridgehead atoms. The van der Waals surface area contributed by atoms with Gasteiger partial charge in [-0.1, -0.05) is 6.92 Å². The van der Waals surface area contributed by atoms with E-state index in [2.05, 4.69) is 15.3 Å². The van der Waals surface area contributed by atoms with Gasteiger partial charge in [-0.05, 0) is 31.3 Å². The number of nitrogens with zero attached hydrogens (tertiary/aromatic N) is 3. The molecule has 22 heavy (non-hydrogen) atoms. The normalized spacial score (nSPS) is 21.5. The standard InChI is InChI=1S/C14H20N4O3S/c1-2-22(20,21)12-9-16-11(8-17-12)18-10-14(7-13(18)19)3-5-15-6-4-14/h8-9,15H,2-7,10H2,1H3. The van der Waals surface area contributed by atoms with Gasteiger partial charge in [-0.25, -0.2) is 18.4 Å². The van der Waals surface area contributed by atoms with E-state index in [4.69, 9.17) is 0 Å². The van der Waals surface area contributed by atoms with Crippen LogP contribution in [0.3, 0.4) is 0 Å². The first-order chi connectivity index (χ1) is 10.5. The number of piperidine rings is 1. The van der Waals surface area contributed by atoms with E-state index in [0.29, 0.717) is 18.8 Å². The molecule has 0 radical (unpaired) electrons. The van der Waals surface area contributed by atoms with Gasteiger partial charge in [-0.15, -0.1) is 0 Å². The molecule has 120 valence electrons. The molecule has 0 saturated carbocycles. The first-order valence-corrected chi connectivity index (χ1v) is 9.17. The molecule has 1 aromatic heterocycles. The highest BCUT2D eigenvalue weighted by Gasteiger charge is 2.44. The number of carbonyl (C=O) groups is 1. The minimum atomic E-state index is -3.36. The Morgan fingerprint density at radius 2 is 2.00 bits per heavy atom. The van der Waals surface area contributed by atoms with E-state index < -0.39 is 9.84 Å². The molecule has 7 nitrogen and oxygen atoms in total. The average molecular weight is 324 g/mol. The topological polar surface area (TPSA) is 92.3 Å². The van der Waals surface area contributed by atoms with Crippen molar-refractivity contribution >= 4 is 21.6 Å². The second-order valence-electron chi connectivity index (χ2n) is 6.02. The van der Waals surface area contributed by atoms with Crippen LogP contribution in [-0.2, 0) is 14.6 Å². The van der Waals surface area contributed by atoms with Gasteiger partial charge in [0.05, 0.1) is 18.1 Å². The van der Waals surface area contributed by atoms with Crippen LogP contribution in [0.5, 0.6) is 0 Å². The molecule has 2 saturated heterocycles. The first-order valence-electron chi connectivity index (χ1n) is 7.52. The molecule has 3 heterocycles. The Morgan fingerprint density at radius 1 is 1.27 bits per heavy atom. The molecule has 1 amide bonds. The van der Waals surface area contributed by atoms with Gasteiger partial charge in [0.2, 0.25) is 5.91 Å². The minimum absolute atomic E-state index is 0.0141. The van der Waals surface area contributed by atoms with Crippen LogP contribution in [-0.4, -0.2) is 49.7 Å². The number of hydrogen-bond donors (Lipinski definition) is 1. The van der Waals surface area contributed by atoms with Crippen LogP contribution in [0.15, 0.2) is 17.4 Å². The van der Waals surface area contributed by atoms with E-state index in [1.165, 1.54) is 12.4 Å². The summed E-state index contributed by atoms with van der Waals surface area (Å²) in [6.07, 6.45) is 5.12. The number of anilines is 1. The van der Waals surface area contributed by atoms with Crippen molar-refractivity contribution in [1.29, 1.82) is 0 Å². The Hall–Kier alpha value is -1.54. The van der Waals surface area contributed by atoms with Crippen LogP contribution < -0.4 is 10.2 Å². The summed E-state index contributed by atoms with van der Waals surface area (Å²) in [5.41, 5.74) is 0.0260. The lowest BCUT2D eigenvalue weighted by Gasteiger charge is -2.32. The van der Waals surface area contributed by atoms with E-state index >= 15 is 0 Å². The summed E-state index contributed by atoms with van der Waals surface area (Å²) in [6.45, 7) is 4.07. The molecular formula is C14H20N4O3S. The third kappa shape index (κ3) is 2.72. The fourth-order valence-electron chi connectivity index (χ4n) is 3.15. The molecule has 1 aromatic rings. The van der Waals surface area contributed by atoms with Gasteiger partial charge < -0.3 is 5.32 Å². The Kier molecular flexibility index (Phi) is 3.90. The summed E-state index contributed by atoms with van der Waals surface area (Å²) < 4.78 is 23.5. The molecule has 8 heteroatoms. The Bertz CT molecular complexity index is 666. The molecule has 0 atom stereocenters. The highest BCUT2D eigenvalue weighted by Crippen LogP contribution is 2.40. The lowest BCUT2D eigenvalue weighted by Crippen LogP contribution is -2.38. The highest BCUT2D eigenvalue weighted by molar-refractivity contribution is 7.91. The maximum atomic E-state index is 12.3. The zero-order chi connectivity index (χ0) is 15.8. The summed E-state index contributed by atoms with van der Waals surface area (Å²) in [6, 6.07) is 0. The van der Waals surface area contributed by atoms with Crippen molar-refractivity contribution in [3.8, 4) is 0 Å². The monoisotopic (exact) mass is 324 g/mol. The van der Waals surface area contributed by atoms with E-state index in [1.54, 1.807) is 11.8 Å². The van der Waals surface area contributed by atoms with E-state index in [0.717, 1.165) is 25.9 Å². The molecule has 0 aliphatic carbocycles. The molecule has 2 fully saturated rings. The third-order valence-corrected chi connectivity index (χ3v) is 6.18. The largest absolute Gasteiger partial charge is 0.317 e. The van der Waals surface area contributed by atoms with Gasteiger partial charge in [-0.2, -0.15) is 0 Å². The van der Waals surface area contributed by atoms with Gasteiger partial charge in [-0.3, -0.25) is 9.69 Å². The van der Waals surface area contributed by atoms with Crippen LogP contribution in [0.2, 0.25) is 0 Å². The summed E-state index contributed by atoms with van der Waals surface area (Å²) >= 11 is 0. The van der Waals surface area contributed by atoms with Gasteiger partial charge in [0, 0.05) is 13.0 Å². The fraction of sp³-hybridized carbons (Fsp3) is 0.643. The zero-order valence-electron chi connectivity index (χ0n) is 12.6. The van der Waals surface area contributed by atoms with Crippen molar-refractivity contribution in [1.82, 2.24) is 15.3 Å². The third-order valence-electron chi connectivity index (χ3n) is 4.57. The molecule has 0 unspecified atom stereocenters. The lowest BCUT2D eigenvalue weighted by atomic mass is 9.78. The summed E-state index contributed by atoms with van der Waals surface area (Å²) in [5.74, 6) is 0.470. The van der Waals surface area contributed by atoms with Crippen LogP contribution in [0.1, 0.15) is 26.2 Å². The van der Waals surface area contributed by atoms with Gasteiger partial charge in [0.15, 0.2) is 20.7 Å². The predicted octanol–water partition coefficient (Wildman–Crippen LogP) is 0.377. The number of aromatic nitrogens is 2. The molecule has 1 spiro atoms.